The van der Waals surface area contributed by atoms with E-state index in [1.807, 2.05) is 24.6 Å². The molecule has 2 rings (SSSR count). The van der Waals surface area contributed by atoms with Crippen molar-refractivity contribution in [3.8, 4) is 0 Å². The number of carbonyl (C=O) groups excluding carboxylic acids is 2. The molecule has 2 amide bonds. The lowest BCUT2D eigenvalue weighted by Crippen LogP contribution is -2.32. The molecular formula is C19H20Cl2N2O4S. The van der Waals surface area contributed by atoms with Gasteiger partial charge in [-0.05, 0) is 49.6 Å². The molecule has 0 saturated heterocycles. The van der Waals surface area contributed by atoms with Gasteiger partial charge in [-0.1, -0.05) is 42.3 Å². The topological polar surface area (TPSA) is 92.3 Å². The zero-order chi connectivity index (χ0) is 21.1. The summed E-state index contributed by atoms with van der Waals surface area (Å²) in [6.07, 6.45) is 0.702. The molecule has 0 aliphatic rings. The summed E-state index contributed by atoms with van der Waals surface area (Å²) in [6.45, 7) is 5.83. The molecule has 0 heterocycles. The van der Waals surface area contributed by atoms with Crippen LogP contribution in [-0.4, -0.2) is 26.8 Å². The number of amides is 2. The van der Waals surface area contributed by atoms with Gasteiger partial charge in [0.05, 0.1) is 15.6 Å². The lowest BCUT2D eigenvalue weighted by atomic mass is 10.0. The number of halogens is 2. The Balaban J connectivity index is 2.41. The Labute approximate surface area is 174 Å². The number of hydrogen-bond donors (Lipinski definition) is 2. The number of aryl methyl sites for hydroxylation is 1. The van der Waals surface area contributed by atoms with E-state index in [4.69, 9.17) is 23.2 Å². The molecule has 0 unspecified atom stereocenters. The minimum absolute atomic E-state index is 0.0124. The fourth-order valence-corrected chi connectivity index (χ4v) is 4.30. The first kappa shape index (κ1) is 22.2. The molecule has 0 fully saturated rings. The van der Waals surface area contributed by atoms with Crippen LogP contribution >= 0.6 is 23.2 Å². The monoisotopic (exact) mass is 442 g/mol. The molecule has 150 valence electrons. The van der Waals surface area contributed by atoms with Crippen molar-refractivity contribution in [3.63, 3.8) is 0 Å². The molecule has 0 radical (unpaired) electrons. The van der Waals surface area contributed by atoms with Crippen molar-refractivity contribution in [2.45, 2.75) is 32.1 Å². The molecular weight excluding hydrogens is 423 g/mol. The molecule has 0 aromatic heterocycles. The maximum Gasteiger partial charge on any atom is 0.265 e. The Bertz CT molecular complexity index is 1040. The highest BCUT2D eigenvalue weighted by atomic mass is 35.5. The van der Waals surface area contributed by atoms with Gasteiger partial charge in [0, 0.05) is 12.1 Å². The van der Waals surface area contributed by atoms with E-state index >= 15 is 0 Å². The van der Waals surface area contributed by atoms with Gasteiger partial charge in [-0.3, -0.25) is 9.59 Å². The second-order valence-electron chi connectivity index (χ2n) is 6.20. The number of rotatable bonds is 6. The number of nitrogens with one attached hydrogen (secondary N) is 2. The SMILES string of the molecule is CCCNC(=O)c1cc(S(=O)(=O)NC(=O)c2cccc(C)c2C)c(Cl)cc1Cl. The first-order valence-electron chi connectivity index (χ1n) is 8.49. The summed E-state index contributed by atoms with van der Waals surface area (Å²) >= 11 is 12.1. The summed E-state index contributed by atoms with van der Waals surface area (Å²) in [5, 5.41) is 2.44. The van der Waals surface area contributed by atoms with Crippen molar-refractivity contribution in [2.24, 2.45) is 0 Å². The van der Waals surface area contributed by atoms with Crippen molar-refractivity contribution in [1.82, 2.24) is 10.0 Å². The van der Waals surface area contributed by atoms with E-state index in [-0.39, 0.29) is 21.2 Å². The Morgan fingerprint density at radius 2 is 1.68 bits per heavy atom. The molecule has 9 heteroatoms. The van der Waals surface area contributed by atoms with Crippen LogP contribution in [0.15, 0.2) is 35.2 Å². The van der Waals surface area contributed by atoms with Gasteiger partial charge >= 0.3 is 0 Å². The summed E-state index contributed by atoms with van der Waals surface area (Å²) in [7, 11) is -4.33. The molecule has 2 N–H and O–H groups in total. The zero-order valence-corrected chi connectivity index (χ0v) is 17.9. The van der Waals surface area contributed by atoms with Crippen molar-refractivity contribution in [3.05, 3.63) is 62.6 Å². The van der Waals surface area contributed by atoms with Crippen LogP contribution in [0.5, 0.6) is 0 Å². The zero-order valence-electron chi connectivity index (χ0n) is 15.6. The van der Waals surface area contributed by atoms with Crippen LogP contribution in [0.3, 0.4) is 0 Å². The van der Waals surface area contributed by atoms with Crippen LogP contribution < -0.4 is 10.0 Å². The Morgan fingerprint density at radius 1 is 1.00 bits per heavy atom. The lowest BCUT2D eigenvalue weighted by molar-refractivity contribution is 0.0951. The van der Waals surface area contributed by atoms with Crippen molar-refractivity contribution in [2.75, 3.05) is 6.54 Å². The smallest absolute Gasteiger partial charge is 0.265 e. The Kier molecular flexibility index (Phi) is 7.09. The van der Waals surface area contributed by atoms with Gasteiger partial charge in [0.15, 0.2) is 0 Å². The predicted octanol–water partition coefficient (Wildman–Crippen LogP) is 3.87. The molecule has 28 heavy (non-hydrogen) atoms. The van der Waals surface area contributed by atoms with E-state index < -0.39 is 26.7 Å². The standard InChI is InChI=1S/C19H20Cl2N2O4S/c1-4-8-22-18(24)14-9-17(16(21)10-15(14)20)28(26,27)23-19(25)13-7-5-6-11(2)12(13)3/h5-7,9-10H,4,8H2,1-3H3,(H,22,24)(H,23,25). The third kappa shape index (κ3) is 4.84. The Hall–Kier alpha value is -2.09. The largest absolute Gasteiger partial charge is 0.352 e. The van der Waals surface area contributed by atoms with Crippen LogP contribution in [0.1, 0.15) is 45.2 Å². The van der Waals surface area contributed by atoms with Crippen molar-refractivity contribution < 1.29 is 18.0 Å². The van der Waals surface area contributed by atoms with Crippen molar-refractivity contribution >= 4 is 45.0 Å². The highest BCUT2D eigenvalue weighted by molar-refractivity contribution is 7.90. The van der Waals surface area contributed by atoms with Gasteiger partial charge in [-0.2, -0.15) is 0 Å². The number of hydrogen-bond acceptors (Lipinski definition) is 4. The van der Waals surface area contributed by atoms with Crippen molar-refractivity contribution in [1.29, 1.82) is 0 Å². The number of sulfonamides is 1. The third-order valence-electron chi connectivity index (χ3n) is 4.17. The van der Waals surface area contributed by atoms with E-state index in [0.29, 0.717) is 18.5 Å². The normalized spacial score (nSPS) is 11.2. The molecule has 6 nitrogen and oxygen atoms in total. The molecule has 0 spiro atoms. The molecule has 0 aliphatic carbocycles. The second kappa shape index (κ2) is 8.94. The quantitative estimate of drug-likeness (QED) is 0.709. The highest BCUT2D eigenvalue weighted by Crippen LogP contribution is 2.29. The summed E-state index contributed by atoms with van der Waals surface area (Å²) in [4.78, 5) is 24.3. The molecule has 0 atom stereocenters. The average Bonchev–Trinajstić information content (AvgIpc) is 2.61. The molecule has 0 saturated carbocycles. The minimum atomic E-state index is -4.33. The molecule has 0 bridgehead atoms. The van der Waals surface area contributed by atoms with Crippen LogP contribution in [0, 0.1) is 13.8 Å². The van der Waals surface area contributed by atoms with Crippen LogP contribution in [0.4, 0.5) is 0 Å². The van der Waals surface area contributed by atoms with E-state index in [1.165, 1.54) is 12.1 Å². The van der Waals surface area contributed by atoms with Gasteiger partial charge in [-0.15, -0.1) is 0 Å². The van der Waals surface area contributed by atoms with Crippen LogP contribution in [0.2, 0.25) is 10.0 Å². The summed E-state index contributed by atoms with van der Waals surface area (Å²) < 4.78 is 27.5. The number of benzene rings is 2. The van der Waals surface area contributed by atoms with E-state index in [0.717, 1.165) is 11.6 Å². The first-order valence-corrected chi connectivity index (χ1v) is 10.7. The molecule has 2 aromatic rings. The van der Waals surface area contributed by atoms with E-state index in [2.05, 4.69) is 5.32 Å². The van der Waals surface area contributed by atoms with Gasteiger partial charge in [0.2, 0.25) is 0 Å². The molecule has 0 aliphatic heterocycles. The molecule has 2 aromatic carbocycles. The van der Waals surface area contributed by atoms with Crippen LogP contribution in [0.25, 0.3) is 0 Å². The average molecular weight is 443 g/mol. The van der Waals surface area contributed by atoms with E-state index in [1.54, 1.807) is 13.0 Å². The van der Waals surface area contributed by atoms with Gasteiger partial charge in [-0.25, -0.2) is 13.1 Å². The van der Waals surface area contributed by atoms with Gasteiger partial charge in [0.25, 0.3) is 21.8 Å². The summed E-state index contributed by atoms with van der Waals surface area (Å²) in [5.74, 6) is -1.31. The fraction of sp³-hybridized carbons (Fsp3) is 0.263. The maximum atomic E-state index is 12.7. The van der Waals surface area contributed by atoms with Gasteiger partial charge in [0.1, 0.15) is 4.90 Å². The first-order chi connectivity index (χ1) is 13.1. The van der Waals surface area contributed by atoms with E-state index in [9.17, 15) is 18.0 Å². The Morgan fingerprint density at radius 3 is 2.32 bits per heavy atom. The summed E-state index contributed by atoms with van der Waals surface area (Å²) in [6, 6.07) is 7.24. The predicted molar refractivity (Wildman–Crippen MR) is 110 cm³/mol. The lowest BCUT2D eigenvalue weighted by Gasteiger charge is -2.13. The van der Waals surface area contributed by atoms with Gasteiger partial charge < -0.3 is 5.32 Å². The second-order valence-corrected chi connectivity index (χ2v) is 8.67. The fourth-order valence-electron chi connectivity index (χ4n) is 2.47. The third-order valence-corrected chi connectivity index (χ3v) is 6.28. The minimum Gasteiger partial charge on any atom is -0.352 e. The van der Waals surface area contributed by atoms with Crippen LogP contribution in [-0.2, 0) is 10.0 Å². The maximum absolute atomic E-state index is 12.7. The number of carbonyl (C=O) groups is 2. The highest BCUT2D eigenvalue weighted by Gasteiger charge is 2.25. The summed E-state index contributed by atoms with van der Waals surface area (Å²) in [5.41, 5.74) is 1.70.